The van der Waals surface area contributed by atoms with Crippen LogP contribution in [0.3, 0.4) is 0 Å². The predicted molar refractivity (Wildman–Crippen MR) is 99.2 cm³/mol. The number of pyridine rings is 1. The van der Waals surface area contributed by atoms with E-state index in [2.05, 4.69) is 15.6 Å². The van der Waals surface area contributed by atoms with Crippen molar-refractivity contribution in [3.8, 4) is 11.5 Å². The van der Waals surface area contributed by atoms with Crippen molar-refractivity contribution in [2.24, 2.45) is 5.92 Å². The molecule has 0 saturated carbocycles. The highest BCUT2D eigenvalue weighted by Crippen LogP contribution is 2.27. The highest BCUT2D eigenvalue weighted by atomic mass is 16.5. The second-order valence-corrected chi connectivity index (χ2v) is 6.12. The van der Waals surface area contributed by atoms with Crippen LogP contribution < -0.4 is 20.1 Å². The van der Waals surface area contributed by atoms with Crippen molar-refractivity contribution in [1.29, 1.82) is 0 Å². The number of anilines is 2. The molecule has 6 nitrogen and oxygen atoms in total. The molecule has 0 aliphatic heterocycles. The Hall–Kier alpha value is -2.76. The summed E-state index contributed by atoms with van der Waals surface area (Å²) >= 11 is 0. The zero-order valence-corrected chi connectivity index (χ0v) is 15.1. The normalized spacial score (nSPS) is 10.4. The van der Waals surface area contributed by atoms with E-state index in [1.54, 1.807) is 20.4 Å². The minimum atomic E-state index is 0.00263. The first kappa shape index (κ1) is 18.6. The van der Waals surface area contributed by atoms with Gasteiger partial charge in [-0.3, -0.25) is 4.79 Å². The summed E-state index contributed by atoms with van der Waals surface area (Å²) in [5.41, 5.74) is 1.75. The number of benzene rings is 1. The topological polar surface area (TPSA) is 72.5 Å². The third-order valence-corrected chi connectivity index (χ3v) is 3.56. The lowest BCUT2D eigenvalue weighted by Crippen LogP contribution is -2.14. The van der Waals surface area contributed by atoms with Gasteiger partial charge in [-0.05, 0) is 35.7 Å². The molecule has 6 heteroatoms. The minimum absolute atomic E-state index is 0.00263. The first-order valence-electron chi connectivity index (χ1n) is 8.22. The Bertz CT molecular complexity index is 700. The Labute approximate surface area is 148 Å². The largest absolute Gasteiger partial charge is 0.493 e. The maximum Gasteiger partial charge on any atom is 0.224 e. The van der Waals surface area contributed by atoms with Crippen molar-refractivity contribution < 1.29 is 14.3 Å². The van der Waals surface area contributed by atoms with E-state index in [1.165, 1.54) is 0 Å². The van der Waals surface area contributed by atoms with Crippen LogP contribution in [0.15, 0.2) is 36.5 Å². The minimum Gasteiger partial charge on any atom is -0.493 e. The Morgan fingerprint density at radius 3 is 2.48 bits per heavy atom. The molecular weight excluding hydrogens is 318 g/mol. The second kappa shape index (κ2) is 8.92. The smallest absolute Gasteiger partial charge is 0.224 e. The van der Waals surface area contributed by atoms with Crippen molar-refractivity contribution in [3.63, 3.8) is 0 Å². The fraction of sp³-hybridized carbons (Fsp3) is 0.368. The van der Waals surface area contributed by atoms with E-state index in [0.717, 1.165) is 11.4 Å². The molecule has 0 atom stereocenters. The van der Waals surface area contributed by atoms with Gasteiger partial charge in [-0.1, -0.05) is 19.9 Å². The Morgan fingerprint density at radius 1 is 1.12 bits per heavy atom. The number of nitrogens with one attached hydrogen (secondary N) is 2. The van der Waals surface area contributed by atoms with Gasteiger partial charge in [-0.2, -0.15) is 0 Å². The number of carbonyl (C=O) groups is 1. The van der Waals surface area contributed by atoms with E-state index in [4.69, 9.17) is 9.47 Å². The second-order valence-electron chi connectivity index (χ2n) is 6.12. The Balaban J connectivity index is 1.92. The molecule has 1 aromatic heterocycles. The van der Waals surface area contributed by atoms with Crippen LogP contribution in [-0.4, -0.2) is 25.1 Å². The van der Waals surface area contributed by atoms with Crippen LogP contribution in [0.4, 0.5) is 11.5 Å². The number of hydrogen-bond acceptors (Lipinski definition) is 5. The Morgan fingerprint density at radius 2 is 1.88 bits per heavy atom. The van der Waals surface area contributed by atoms with Gasteiger partial charge in [-0.15, -0.1) is 0 Å². The van der Waals surface area contributed by atoms with Gasteiger partial charge < -0.3 is 20.1 Å². The van der Waals surface area contributed by atoms with Crippen LogP contribution in [0.2, 0.25) is 0 Å². The van der Waals surface area contributed by atoms with E-state index in [0.29, 0.717) is 36.1 Å². The van der Waals surface area contributed by atoms with Crippen LogP contribution in [0, 0.1) is 5.92 Å². The fourth-order valence-electron chi connectivity index (χ4n) is 2.34. The molecule has 1 heterocycles. The summed E-state index contributed by atoms with van der Waals surface area (Å²) in [6.07, 6.45) is 2.15. The van der Waals surface area contributed by atoms with Gasteiger partial charge in [-0.25, -0.2) is 4.98 Å². The lowest BCUT2D eigenvalue weighted by atomic mass is 10.1. The monoisotopic (exact) mass is 343 g/mol. The van der Waals surface area contributed by atoms with Crippen LogP contribution in [0.25, 0.3) is 0 Å². The summed E-state index contributed by atoms with van der Waals surface area (Å²) in [5.74, 6) is 2.46. The van der Waals surface area contributed by atoms with Gasteiger partial charge in [0, 0.05) is 13.0 Å². The molecule has 25 heavy (non-hydrogen) atoms. The lowest BCUT2D eigenvalue weighted by molar-refractivity contribution is -0.116. The van der Waals surface area contributed by atoms with E-state index in [9.17, 15) is 4.79 Å². The molecule has 134 valence electrons. The number of carbonyl (C=O) groups excluding carboxylic acids is 1. The van der Waals surface area contributed by atoms with Crippen molar-refractivity contribution >= 4 is 17.4 Å². The number of rotatable bonds is 8. The molecule has 0 bridgehead atoms. The molecule has 0 radical (unpaired) electrons. The summed E-state index contributed by atoms with van der Waals surface area (Å²) in [5, 5.41) is 6.08. The maximum atomic E-state index is 11.8. The maximum absolute atomic E-state index is 11.8. The number of hydrogen-bond donors (Lipinski definition) is 2. The number of methoxy groups -OCH3 is 2. The van der Waals surface area contributed by atoms with Crippen LogP contribution in [0.5, 0.6) is 11.5 Å². The number of amides is 1. The van der Waals surface area contributed by atoms with Gasteiger partial charge >= 0.3 is 0 Å². The van der Waals surface area contributed by atoms with E-state index < -0.39 is 0 Å². The van der Waals surface area contributed by atoms with Gasteiger partial charge in [0.15, 0.2) is 11.5 Å². The van der Waals surface area contributed by atoms with Gasteiger partial charge in [0.05, 0.1) is 26.1 Å². The zero-order chi connectivity index (χ0) is 18.2. The lowest BCUT2D eigenvalue weighted by Gasteiger charge is -2.11. The first-order valence-corrected chi connectivity index (χ1v) is 8.22. The van der Waals surface area contributed by atoms with Gasteiger partial charge in [0.2, 0.25) is 5.91 Å². The van der Waals surface area contributed by atoms with E-state index >= 15 is 0 Å². The average Bonchev–Trinajstić information content (AvgIpc) is 2.60. The molecule has 1 aromatic carbocycles. The molecular formula is C19H25N3O3. The summed E-state index contributed by atoms with van der Waals surface area (Å²) < 4.78 is 10.5. The highest BCUT2D eigenvalue weighted by molar-refractivity contribution is 5.90. The molecule has 0 spiro atoms. The van der Waals surface area contributed by atoms with Crippen LogP contribution in [-0.2, 0) is 11.3 Å². The zero-order valence-electron chi connectivity index (χ0n) is 15.1. The third-order valence-electron chi connectivity index (χ3n) is 3.56. The van der Waals surface area contributed by atoms with Gasteiger partial charge in [0.25, 0.3) is 0 Å². The molecule has 2 N–H and O–H groups in total. The Kier molecular flexibility index (Phi) is 6.62. The fourth-order valence-corrected chi connectivity index (χ4v) is 2.34. The molecule has 0 fully saturated rings. The number of aromatic nitrogens is 1. The van der Waals surface area contributed by atoms with E-state index in [-0.39, 0.29) is 5.91 Å². The molecule has 2 rings (SSSR count). The summed E-state index contributed by atoms with van der Waals surface area (Å²) in [4.78, 5) is 16.1. The molecule has 0 aliphatic rings. The number of ether oxygens (including phenoxy) is 2. The molecule has 2 aromatic rings. The standard InChI is InChI=1S/C19H25N3O3/c1-13(2)9-19(23)22-15-6-8-18(21-12-15)20-11-14-5-7-16(24-3)17(10-14)25-4/h5-8,10,12-13H,9,11H2,1-4H3,(H,20,21)(H,22,23). The molecule has 0 aliphatic carbocycles. The molecule has 0 unspecified atom stereocenters. The van der Waals surface area contributed by atoms with Crippen molar-refractivity contribution in [3.05, 3.63) is 42.1 Å². The van der Waals surface area contributed by atoms with E-state index in [1.807, 2.05) is 44.2 Å². The summed E-state index contributed by atoms with van der Waals surface area (Å²) in [7, 11) is 3.23. The summed E-state index contributed by atoms with van der Waals surface area (Å²) in [6, 6.07) is 9.44. The highest BCUT2D eigenvalue weighted by Gasteiger charge is 2.06. The van der Waals surface area contributed by atoms with Crippen molar-refractivity contribution in [2.45, 2.75) is 26.8 Å². The van der Waals surface area contributed by atoms with Crippen molar-refractivity contribution in [1.82, 2.24) is 4.98 Å². The number of nitrogens with zero attached hydrogens (tertiary/aromatic N) is 1. The van der Waals surface area contributed by atoms with Crippen LogP contribution >= 0.6 is 0 Å². The summed E-state index contributed by atoms with van der Waals surface area (Å²) in [6.45, 7) is 4.63. The predicted octanol–water partition coefficient (Wildman–Crippen LogP) is 3.70. The SMILES string of the molecule is COc1ccc(CNc2ccc(NC(=O)CC(C)C)cn2)cc1OC. The average molecular weight is 343 g/mol. The first-order chi connectivity index (χ1) is 12.0. The molecule has 1 amide bonds. The third kappa shape index (κ3) is 5.67. The van der Waals surface area contributed by atoms with Crippen LogP contribution in [0.1, 0.15) is 25.8 Å². The van der Waals surface area contributed by atoms with Crippen molar-refractivity contribution in [2.75, 3.05) is 24.9 Å². The quantitative estimate of drug-likeness (QED) is 0.765. The molecule has 0 saturated heterocycles. The van der Waals surface area contributed by atoms with Gasteiger partial charge in [0.1, 0.15) is 5.82 Å².